The number of alkyl halides is 2. The summed E-state index contributed by atoms with van der Waals surface area (Å²) in [7, 11) is 1.59. The van der Waals surface area contributed by atoms with Crippen LogP contribution in [0.3, 0.4) is 0 Å². The molecule has 1 atom stereocenters. The fourth-order valence-electron chi connectivity index (χ4n) is 0.968. The van der Waals surface area contributed by atoms with E-state index in [0.717, 1.165) is 6.42 Å². The SMILES string of the molecule is C#CC(C)(C)OC(C)=O.CC#CC(C)(Cl)CC.COCC#CC#CCCl. The van der Waals surface area contributed by atoms with Crippen molar-refractivity contribution in [2.75, 3.05) is 19.6 Å². The summed E-state index contributed by atoms with van der Waals surface area (Å²) in [5.41, 5.74) is -0.758. The summed E-state index contributed by atoms with van der Waals surface area (Å²) in [5, 5.41) is 0. The van der Waals surface area contributed by atoms with Crippen molar-refractivity contribution in [1.82, 2.24) is 0 Å². The fraction of sp³-hybridized carbons (Fsp3) is 0.571. The molecule has 0 rings (SSSR count). The molecule has 0 N–H and O–H groups in total. The van der Waals surface area contributed by atoms with Gasteiger partial charge >= 0.3 is 5.97 Å². The van der Waals surface area contributed by atoms with Gasteiger partial charge < -0.3 is 9.47 Å². The summed E-state index contributed by atoms with van der Waals surface area (Å²) in [4.78, 5) is 10.0. The molecular weight excluding hydrogens is 371 g/mol. The monoisotopic (exact) mass is 398 g/mol. The lowest BCUT2D eigenvalue weighted by Crippen LogP contribution is -2.24. The Morgan fingerprint density at radius 2 is 1.73 bits per heavy atom. The quantitative estimate of drug-likeness (QED) is 0.404. The highest BCUT2D eigenvalue weighted by atomic mass is 35.5. The number of ether oxygens (including phenoxy) is 2. The third-order valence-electron chi connectivity index (χ3n) is 2.32. The summed E-state index contributed by atoms with van der Waals surface area (Å²) < 4.78 is 9.36. The smallest absolute Gasteiger partial charge is 0.304 e. The van der Waals surface area contributed by atoms with Gasteiger partial charge in [-0.1, -0.05) is 30.6 Å². The van der Waals surface area contributed by atoms with Crippen molar-refractivity contribution in [2.24, 2.45) is 0 Å². The van der Waals surface area contributed by atoms with Gasteiger partial charge in [-0.2, -0.15) is 0 Å². The maximum absolute atomic E-state index is 10.3. The second-order valence-corrected chi connectivity index (χ2v) is 6.45. The Labute approximate surface area is 169 Å². The number of carbonyl (C=O) groups is 1. The molecule has 0 saturated heterocycles. The van der Waals surface area contributed by atoms with Crippen molar-refractivity contribution in [3.05, 3.63) is 0 Å². The Kier molecular flexibility index (Phi) is 20.2. The van der Waals surface area contributed by atoms with Gasteiger partial charge in [0.25, 0.3) is 0 Å². The summed E-state index contributed by atoms with van der Waals surface area (Å²) in [6, 6.07) is 0. The van der Waals surface area contributed by atoms with Crippen LogP contribution in [-0.2, 0) is 14.3 Å². The van der Waals surface area contributed by atoms with Gasteiger partial charge in [0.2, 0.25) is 0 Å². The van der Waals surface area contributed by atoms with Crippen LogP contribution in [0.25, 0.3) is 0 Å². The van der Waals surface area contributed by atoms with E-state index in [1.54, 1.807) is 27.9 Å². The lowest BCUT2D eigenvalue weighted by Gasteiger charge is -2.16. The van der Waals surface area contributed by atoms with Crippen LogP contribution in [0.15, 0.2) is 0 Å². The third-order valence-corrected chi connectivity index (χ3v) is 2.81. The number of hydrogen-bond donors (Lipinski definition) is 0. The third kappa shape index (κ3) is 27.1. The van der Waals surface area contributed by atoms with Crippen LogP contribution in [0, 0.1) is 47.9 Å². The van der Waals surface area contributed by atoms with Crippen LogP contribution in [0.1, 0.15) is 48.0 Å². The van der Waals surface area contributed by atoms with E-state index in [9.17, 15) is 4.79 Å². The van der Waals surface area contributed by atoms with Crippen molar-refractivity contribution in [3.63, 3.8) is 0 Å². The zero-order valence-electron chi connectivity index (χ0n) is 16.7. The van der Waals surface area contributed by atoms with E-state index in [4.69, 9.17) is 34.4 Å². The second kappa shape index (κ2) is 18.1. The maximum Gasteiger partial charge on any atom is 0.304 e. The van der Waals surface area contributed by atoms with E-state index in [1.165, 1.54) is 6.92 Å². The molecule has 0 saturated carbocycles. The highest BCUT2D eigenvalue weighted by Gasteiger charge is 2.16. The van der Waals surface area contributed by atoms with Crippen molar-refractivity contribution in [2.45, 2.75) is 58.4 Å². The fourth-order valence-corrected chi connectivity index (χ4v) is 1.13. The van der Waals surface area contributed by atoms with Crippen LogP contribution in [0.2, 0.25) is 0 Å². The molecule has 0 aliphatic carbocycles. The van der Waals surface area contributed by atoms with Gasteiger partial charge in [0.1, 0.15) is 11.5 Å². The first-order valence-electron chi connectivity index (χ1n) is 7.82. The highest BCUT2D eigenvalue weighted by molar-refractivity contribution is 6.25. The maximum atomic E-state index is 10.3. The van der Waals surface area contributed by atoms with Crippen molar-refractivity contribution >= 4 is 29.2 Å². The summed E-state index contributed by atoms with van der Waals surface area (Å²) in [6.45, 7) is 10.8. The Bertz CT molecular complexity index is 609. The zero-order valence-corrected chi connectivity index (χ0v) is 18.2. The van der Waals surface area contributed by atoms with Crippen molar-refractivity contribution in [3.8, 4) is 47.9 Å². The molecule has 0 aliphatic heterocycles. The molecule has 0 aromatic carbocycles. The van der Waals surface area contributed by atoms with Gasteiger partial charge in [-0.15, -0.1) is 35.5 Å². The molecule has 144 valence electrons. The molecule has 0 aromatic heterocycles. The molecule has 0 spiro atoms. The molecule has 3 nitrogen and oxygen atoms in total. The Morgan fingerprint density at radius 3 is 2.00 bits per heavy atom. The number of esters is 1. The van der Waals surface area contributed by atoms with E-state index < -0.39 is 5.60 Å². The Morgan fingerprint density at radius 1 is 1.19 bits per heavy atom. The van der Waals surface area contributed by atoms with Gasteiger partial charge in [0.05, 0.1) is 5.88 Å². The Balaban J connectivity index is -0.000000306. The van der Waals surface area contributed by atoms with Gasteiger partial charge in [0, 0.05) is 14.0 Å². The molecular formula is C21H28Cl2O3. The first-order chi connectivity index (χ1) is 12.0. The molecule has 0 amide bonds. The first-order valence-corrected chi connectivity index (χ1v) is 8.73. The topological polar surface area (TPSA) is 35.5 Å². The molecule has 1 unspecified atom stereocenters. The van der Waals surface area contributed by atoms with Gasteiger partial charge in [0.15, 0.2) is 5.60 Å². The minimum Gasteiger partial charge on any atom is -0.447 e. The molecule has 0 radical (unpaired) electrons. The number of halogens is 2. The van der Waals surface area contributed by atoms with Gasteiger partial charge in [-0.25, -0.2) is 0 Å². The average molecular weight is 399 g/mol. The predicted octanol–water partition coefficient (Wildman–Crippen LogP) is 4.26. The molecule has 5 heteroatoms. The number of hydrogen-bond acceptors (Lipinski definition) is 3. The molecule has 26 heavy (non-hydrogen) atoms. The van der Waals surface area contributed by atoms with Gasteiger partial charge in [-0.05, 0) is 46.0 Å². The number of rotatable bonds is 3. The largest absolute Gasteiger partial charge is 0.447 e. The minimum atomic E-state index is -0.758. The van der Waals surface area contributed by atoms with Crippen LogP contribution in [0.5, 0.6) is 0 Å². The molecule has 0 heterocycles. The number of carbonyl (C=O) groups excluding carboxylic acids is 1. The lowest BCUT2D eigenvalue weighted by molar-refractivity contribution is -0.148. The van der Waals surface area contributed by atoms with Crippen LogP contribution in [0.4, 0.5) is 0 Å². The molecule has 0 aromatic rings. The van der Waals surface area contributed by atoms with Crippen molar-refractivity contribution in [1.29, 1.82) is 0 Å². The first kappa shape index (κ1) is 29.0. The van der Waals surface area contributed by atoms with Crippen molar-refractivity contribution < 1.29 is 14.3 Å². The summed E-state index contributed by atoms with van der Waals surface area (Å²) in [6.07, 6.45) is 5.93. The molecule has 0 bridgehead atoms. The summed E-state index contributed by atoms with van der Waals surface area (Å²) >= 11 is 11.1. The minimum absolute atomic E-state index is 0.297. The number of terminal acetylenes is 1. The van der Waals surface area contributed by atoms with E-state index in [1.807, 2.05) is 13.8 Å². The van der Waals surface area contributed by atoms with Gasteiger partial charge in [-0.3, -0.25) is 4.79 Å². The van der Waals surface area contributed by atoms with Crippen LogP contribution < -0.4 is 0 Å². The second-order valence-electron chi connectivity index (χ2n) is 5.34. The van der Waals surface area contributed by atoms with Crippen LogP contribution in [-0.4, -0.2) is 36.0 Å². The van der Waals surface area contributed by atoms with E-state index >= 15 is 0 Å². The predicted molar refractivity (Wildman–Crippen MR) is 111 cm³/mol. The van der Waals surface area contributed by atoms with E-state index in [-0.39, 0.29) is 10.8 Å². The normalized spacial score (nSPS) is 10.6. The van der Waals surface area contributed by atoms with Crippen LogP contribution >= 0.6 is 23.2 Å². The standard InChI is InChI=1S/C7H7ClO.C7H11Cl.C7H10O2/c1-9-7-5-3-2-4-6-8;1-4-6-7(3,8)5-2;1-5-7(3,4)9-6(2)8/h6-7H2,1H3;5H2,1-3H3;1H,2-4H3. The van der Waals surface area contributed by atoms with E-state index in [2.05, 4.69) is 46.2 Å². The molecule has 0 aliphatic rings. The molecule has 0 fully saturated rings. The Hall–Kier alpha value is -1.75. The average Bonchev–Trinajstić information content (AvgIpc) is 2.55. The van der Waals surface area contributed by atoms with E-state index in [0.29, 0.717) is 12.5 Å². The summed E-state index contributed by atoms with van der Waals surface area (Å²) in [5.74, 6) is 18.4. The highest BCUT2D eigenvalue weighted by Crippen LogP contribution is 2.16. The zero-order chi connectivity index (χ0) is 21.1. The number of methoxy groups -OCH3 is 1. The lowest BCUT2D eigenvalue weighted by atomic mass is 10.1.